The summed E-state index contributed by atoms with van der Waals surface area (Å²) in [6, 6.07) is 9.19. The number of carbonyl (C=O) groups is 1. The highest BCUT2D eigenvalue weighted by Gasteiger charge is 2.23. The van der Waals surface area contributed by atoms with Crippen LogP contribution in [0.15, 0.2) is 46.2 Å². The van der Waals surface area contributed by atoms with Crippen LogP contribution in [0.1, 0.15) is 30.4 Å². The van der Waals surface area contributed by atoms with Gasteiger partial charge in [0.05, 0.1) is 29.1 Å². The van der Waals surface area contributed by atoms with Gasteiger partial charge in [0.25, 0.3) is 0 Å². The third-order valence-corrected chi connectivity index (χ3v) is 6.85. The molecule has 0 spiro atoms. The molecule has 8 nitrogen and oxygen atoms in total. The molecule has 1 amide bonds. The lowest BCUT2D eigenvalue weighted by atomic mass is 10.2. The number of aromatic nitrogens is 4. The number of H-pyrrole nitrogens is 1. The van der Waals surface area contributed by atoms with Gasteiger partial charge in [-0.05, 0) is 50.1 Å². The smallest absolute Gasteiger partial charge is 0.233 e. The molecule has 0 saturated heterocycles. The Kier molecular flexibility index (Phi) is 6.38. The number of thioether (sulfide) groups is 1. The molecule has 3 N–H and O–H groups in total. The molecule has 1 atom stereocenters. The predicted molar refractivity (Wildman–Crippen MR) is 124 cm³/mol. The first-order valence-corrected chi connectivity index (χ1v) is 11.4. The zero-order valence-electron chi connectivity index (χ0n) is 17.9. The summed E-state index contributed by atoms with van der Waals surface area (Å²) < 4.78 is 7.00. The third kappa shape index (κ3) is 4.31. The number of rotatable bonds is 7. The largest absolute Gasteiger partial charge is 0.467 e. The first kappa shape index (κ1) is 22.2. The number of hydrogen-bond donors (Lipinski definition) is 3. The van der Waals surface area contributed by atoms with Crippen molar-refractivity contribution in [1.29, 1.82) is 5.41 Å². The molecule has 0 saturated carbocycles. The molecule has 1 aromatic carbocycles. The molecule has 166 valence electrons. The van der Waals surface area contributed by atoms with Crippen molar-refractivity contribution in [2.75, 3.05) is 0 Å². The van der Waals surface area contributed by atoms with Gasteiger partial charge in [-0.25, -0.2) is 4.98 Å². The van der Waals surface area contributed by atoms with Crippen molar-refractivity contribution in [3.05, 3.63) is 64.1 Å². The summed E-state index contributed by atoms with van der Waals surface area (Å²) >= 11 is 7.67. The Morgan fingerprint density at radius 1 is 1.38 bits per heavy atom. The van der Waals surface area contributed by atoms with Crippen LogP contribution in [0.4, 0.5) is 0 Å². The minimum Gasteiger partial charge on any atom is -0.467 e. The van der Waals surface area contributed by atoms with Crippen LogP contribution < -0.4 is 10.8 Å². The predicted octanol–water partition coefficient (Wildman–Crippen LogP) is 4.28. The fourth-order valence-corrected chi connectivity index (χ4v) is 4.55. The number of nitrogens with zero attached hydrogens (tertiary/aromatic N) is 3. The summed E-state index contributed by atoms with van der Waals surface area (Å²) in [6.07, 6.45) is 2.15. The van der Waals surface area contributed by atoms with Gasteiger partial charge < -0.3 is 9.73 Å². The Bertz CT molecular complexity index is 1330. The number of halogens is 1. The zero-order chi connectivity index (χ0) is 22.8. The van der Waals surface area contributed by atoms with Crippen LogP contribution in [-0.4, -0.2) is 30.9 Å². The summed E-state index contributed by atoms with van der Waals surface area (Å²) in [6.45, 7) is 6.03. The molecule has 32 heavy (non-hydrogen) atoms. The lowest BCUT2D eigenvalue weighted by Gasteiger charge is -2.18. The Morgan fingerprint density at radius 3 is 2.88 bits per heavy atom. The van der Waals surface area contributed by atoms with Crippen molar-refractivity contribution in [1.82, 2.24) is 25.1 Å². The Balaban J connectivity index is 1.74. The van der Waals surface area contributed by atoms with E-state index in [1.165, 1.54) is 11.8 Å². The van der Waals surface area contributed by atoms with Gasteiger partial charge in [-0.2, -0.15) is 5.10 Å². The van der Waals surface area contributed by atoms with E-state index in [1.807, 2.05) is 39.0 Å². The third-order valence-electron chi connectivity index (χ3n) is 5.12. The van der Waals surface area contributed by atoms with Gasteiger partial charge in [0.1, 0.15) is 11.2 Å². The number of fused-ring (bicyclic) bond motifs is 1. The molecule has 10 heteroatoms. The highest BCUT2D eigenvalue weighted by atomic mass is 35.5. The maximum atomic E-state index is 12.9. The first-order valence-electron chi connectivity index (χ1n) is 10.1. The maximum absolute atomic E-state index is 12.9. The number of nitrogens with one attached hydrogen (secondary N) is 3. The van der Waals surface area contributed by atoms with Crippen LogP contribution >= 0.6 is 23.4 Å². The van der Waals surface area contributed by atoms with Gasteiger partial charge in [0.2, 0.25) is 5.91 Å². The second kappa shape index (κ2) is 9.22. The van der Waals surface area contributed by atoms with Crippen molar-refractivity contribution in [3.8, 4) is 5.69 Å². The van der Waals surface area contributed by atoms with Crippen LogP contribution in [-0.2, 0) is 11.3 Å². The Morgan fingerprint density at radius 2 is 2.19 bits per heavy atom. The molecule has 3 aromatic heterocycles. The molecular formula is C22H23ClN6O2S. The maximum Gasteiger partial charge on any atom is 0.233 e. The highest BCUT2D eigenvalue weighted by Crippen LogP contribution is 2.28. The molecule has 0 fully saturated rings. The molecule has 3 heterocycles. The average Bonchev–Trinajstić information content (AvgIpc) is 3.42. The van der Waals surface area contributed by atoms with E-state index < -0.39 is 5.25 Å². The second-order valence-corrected chi connectivity index (χ2v) is 8.95. The van der Waals surface area contributed by atoms with E-state index in [1.54, 1.807) is 23.0 Å². The van der Waals surface area contributed by atoms with E-state index in [0.717, 1.165) is 11.3 Å². The standard InChI is InChI=1S/C22H23ClN6O2S/c1-4-17(21(30)25-11-15-6-5-9-31-15)32-22-26-20-18(13(3)27-28-20)19(24)29(22)14-8-7-12(2)16(23)10-14/h5-10,17,24H,4,11H2,1-3H3,(H,25,30)(H,27,28)/t17-/m0/s1. The van der Waals surface area contributed by atoms with Crippen LogP contribution in [0.25, 0.3) is 16.7 Å². The molecule has 0 radical (unpaired) electrons. The van der Waals surface area contributed by atoms with E-state index in [4.69, 9.17) is 21.4 Å². The van der Waals surface area contributed by atoms with Crippen molar-refractivity contribution < 1.29 is 9.21 Å². The van der Waals surface area contributed by atoms with E-state index in [9.17, 15) is 4.79 Å². The molecule has 0 aliphatic rings. The number of hydrogen-bond acceptors (Lipinski definition) is 6. The molecule has 4 aromatic rings. The van der Waals surface area contributed by atoms with E-state index >= 15 is 0 Å². The number of furan rings is 1. The number of benzene rings is 1. The molecule has 0 bridgehead atoms. The highest BCUT2D eigenvalue weighted by molar-refractivity contribution is 8.00. The SMILES string of the molecule is CC[C@H](Sc1nc2n[nH]c(C)c2c(=N)n1-c1ccc(C)c(Cl)c1)C(=O)NCc1ccco1. The molecular weight excluding hydrogens is 448 g/mol. The van der Waals surface area contributed by atoms with Crippen LogP contribution in [0, 0.1) is 19.3 Å². The van der Waals surface area contributed by atoms with Gasteiger partial charge >= 0.3 is 0 Å². The van der Waals surface area contributed by atoms with Crippen molar-refractivity contribution in [2.24, 2.45) is 0 Å². The Hall–Kier alpha value is -3.04. The van der Waals surface area contributed by atoms with Crippen LogP contribution in [0.2, 0.25) is 5.02 Å². The lowest BCUT2D eigenvalue weighted by molar-refractivity contribution is -0.120. The number of amides is 1. The first-order chi connectivity index (χ1) is 15.4. The molecule has 0 unspecified atom stereocenters. The fourth-order valence-electron chi connectivity index (χ4n) is 3.32. The fraction of sp³-hybridized carbons (Fsp3) is 0.273. The normalized spacial score (nSPS) is 12.2. The summed E-state index contributed by atoms with van der Waals surface area (Å²) in [5.74, 6) is 0.552. The second-order valence-electron chi connectivity index (χ2n) is 7.37. The minimum atomic E-state index is -0.415. The van der Waals surface area contributed by atoms with Gasteiger partial charge in [0.15, 0.2) is 10.8 Å². The van der Waals surface area contributed by atoms with E-state index in [0.29, 0.717) is 45.6 Å². The van der Waals surface area contributed by atoms with Gasteiger partial charge in [-0.1, -0.05) is 36.4 Å². The summed E-state index contributed by atoms with van der Waals surface area (Å²) in [7, 11) is 0. The van der Waals surface area contributed by atoms with E-state index in [-0.39, 0.29) is 11.4 Å². The van der Waals surface area contributed by atoms with Crippen molar-refractivity contribution in [2.45, 2.75) is 44.1 Å². The lowest BCUT2D eigenvalue weighted by Crippen LogP contribution is -2.32. The number of aromatic amines is 1. The average molecular weight is 471 g/mol. The summed E-state index contributed by atoms with van der Waals surface area (Å²) in [4.78, 5) is 17.6. The van der Waals surface area contributed by atoms with Gasteiger partial charge in [0, 0.05) is 10.7 Å². The van der Waals surface area contributed by atoms with Crippen LogP contribution in [0.3, 0.4) is 0 Å². The van der Waals surface area contributed by atoms with Gasteiger partial charge in [-0.15, -0.1) is 0 Å². The Labute approximate surface area is 193 Å². The molecule has 4 rings (SSSR count). The van der Waals surface area contributed by atoms with Crippen molar-refractivity contribution in [3.63, 3.8) is 0 Å². The number of aryl methyl sites for hydroxylation is 2. The molecule has 0 aliphatic carbocycles. The van der Waals surface area contributed by atoms with Gasteiger partial charge in [-0.3, -0.25) is 19.9 Å². The number of carbonyl (C=O) groups excluding carboxylic acids is 1. The zero-order valence-corrected chi connectivity index (χ0v) is 19.5. The van der Waals surface area contributed by atoms with Crippen molar-refractivity contribution >= 4 is 40.3 Å². The minimum absolute atomic E-state index is 0.131. The summed E-state index contributed by atoms with van der Waals surface area (Å²) in [5, 5.41) is 20.2. The summed E-state index contributed by atoms with van der Waals surface area (Å²) in [5.41, 5.74) is 3.07. The topological polar surface area (TPSA) is 113 Å². The monoisotopic (exact) mass is 470 g/mol. The van der Waals surface area contributed by atoms with Crippen LogP contribution in [0.5, 0.6) is 0 Å². The van der Waals surface area contributed by atoms with E-state index in [2.05, 4.69) is 20.5 Å². The molecule has 0 aliphatic heterocycles. The quantitative estimate of drug-likeness (QED) is 0.275.